The number of nitrogen functional groups attached to an aromatic ring is 1. The van der Waals surface area contributed by atoms with Gasteiger partial charge in [0.15, 0.2) is 0 Å². The van der Waals surface area contributed by atoms with E-state index in [2.05, 4.69) is 0 Å². The van der Waals surface area contributed by atoms with Gasteiger partial charge in [-0.2, -0.15) is 0 Å². The van der Waals surface area contributed by atoms with Gasteiger partial charge in [-0.15, -0.1) is 0 Å². The molecule has 5 rings (SSSR count). The highest BCUT2D eigenvalue weighted by molar-refractivity contribution is 6.26. The topological polar surface area (TPSA) is 72.6 Å². The van der Waals surface area contributed by atoms with Crippen LogP contribution in [0.1, 0.15) is 12.8 Å². The molecule has 3 heterocycles. The molecule has 3 aliphatic rings. The number of imide groups is 1. The summed E-state index contributed by atoms with van der Waals surface area (Å²) in [4.78, 5) is 27.2. The van der Waals surface area contributed by atoms with E-state index in [1.807, 2.05) is 36.4 Å². The van der Waals surface area contributed by atoms with Gasteiger partial charge >= 0.3 is 0 Å². The van der Waals surface area contributed by atoms with Crippen LogP contribution in [0.5, 0.6) is 0 Å². The van der Waals surface area contributed by atoms with E-state index in [0.717, 1.165) is 23.6 Å². The third-order valence-corrected chi connectivity index (χ3v) is 5.46. The predicted octanol–water partition coefficient (Wildman–Crippen LogP) is 2.09. The molecule has 0 aliphatic carbocycles. The molecular weight excluding hydrogens is 292 g/mol. The normalized spacial score (nSPS) is 32.1. The summed E-state index contributed by atoms with van der Waals surface area (Å²) in [6.07, 6.45) is 1.57. The van der Waals surface area contributed by atoms with Gasteiger partial charge in [0.05, 0.1) is 29.7 Å². The minimum atomic E-state index is -0.308. The zero-order chi connectivity index (χ0) is 15.7. The van der Waals surface area contributed by atoms with Crippen LogP contribution >= 0.6 is 0 Å². The predicted molar refractivity (Wildman–Crippen MR) is 85.7 cm³/mol. The first-order chi connectivity index (χ1) is 11.2. The number of carbonyl (C=O) groups is 2. The van der Waals surface area contributed by atoms with E-state index in [-0.39, 0.29) is 35.9 Å². The number of rotatable bonds is 1. The molecule has 2 N–H and O–H groups in total. The zero-order valence-electron chi connectivity index (χ0n) is 12.4. The quantitative estimate of drug-likeness (QED) is 0.647. The molecule has 0 saturated carbocycles. The van der Waals surface area contributed by atoms with Crippen molar-refractivity contribution in [2.24, 2.45) is 11.8 Å². The van der Waals surface area contributed by atoms with E-state index >= 15 is 0 Å². The van der Waals surface area contributed by atoms with Crippen molar-refractivity contribution < 1.29 is 14.3 Å². The molecule has 0 aromatic heterocycles. The van der Waals surface area contributed by atoms with Crippen molar-refractivity contribution in [2.75, 3.05) is 10.6 Å². The van der Waals surface area contributed by atoms with Gasteiger partial charge in [0, 0.05) is 16.5 Å². The second-order valence-corrected chi connectivity index (χ2v) is 6.57. The Balaban J connectivity index is 1.67. The number of carbonyl (C=O) groups excluding carboxylic acids is 2. The van der Waals surface area contributed by atoms with Crippen LogP contribution < -0.4 is 10.6 Å². The largest absolute Gasteiger partial charge is 0.398 e. The van der Waals surface area contributed by atoms with Crippen molar-refractivity contribution in [3.05, 3.63) is 36.4 Å². The molecule has 2 amide bonds. The third-order valence-electron chi connectivity index (χ3n) is 5.46. The van der Waals surface area contributed by atoms with Gasteiger partial charge in [-0.25, -0.2) is 4.90 Å². The molecule has 3 fully saturated rings. The van der Waals surface area contributed by atoms with Gasteiger partial charge in [-0.1, -0.05) is 24.3 Å². The monoisotopic (exact) mass is 308 g/mol. The molecule has 2 aromatic rings. The van der Waals surface area contributed by atoms with Crippen molar-refractivity contribution in [3.63, 3.8) is 0 Å². The van der Waals surface area contributed by atoms with Crippen LogP contribution in [-0.4, -0.2) is 24.0 Å². The van der Waals surface area contributed by atoms with E-state index in [0.29, 0.717) is 11.4 Å². The molecule has 5 heteroatoms. The third kappa shape index (κ3) is 1.55. The molecule has 5 nitrogen and oxygen atoms in total. The lowest BCUT2D eigenvalue weighted by atomic mass is 9.81. The molecule has 116 valence electrons. The molecule has 2 bridgehead atoms. The van der Waals surface area contributed by atoms with Crippen LogP contribution in [0.3, 0.4) is 0 Å². The Kier molecular flexibility index (Phi) is 2.46. The first-order valence-corrected chi connectivity index (χ1v) is 7.97. The first kappa shape index (κ1) is 13.1. The number of nitrogens with zero attached hydrogens (tertiary/aromatic N) is 1. The minimum Gasteiger partial charge on any atom is -0.398 e. The Morgan fingerprint density at radius 2 is 1.52 bits per heavy atom. The summed E-state index contributed by atoms with van der Waals surface area (Å²) in [6, 6.07) is 11.1. The first-order valence-electron chi connectivity index (χ1n) is 7.97. The lowest BCUT2D eigenvalue weighted by molar-refractivity contribution is -0.124. The van der Waals surface area contributed by atoms with E-state index < -0.39 is 0 Å². The fraction of sp³-hybridized carbons (Fsp3) is 0.333. The molecule has 3 aliphatic heterocycles. The van der Waals surface area contributed by atoms with Crippen molar-refractivity contribution in [1.29, 1.82) is 0 Å². The maximum Gasteiger partial charge on any atom is 0.240 e. The van der Waals surface area contributed by atoms with Crippen molar-refractivity contribution in [1.82, 2.24) is 0 Å². The molecule has 2 aromatic carbocycles. The highest BCUT2D eigenvalue weighted by Gasteiger charge is 2.62. The molecule has 23 heavy (non-hydrogen) atoms. The van der Waals surface area contributed by atoms with Crippen molar-refractivity contribution in [2.45, 2.75) is 25.0 Å². The summed E-state index contributed by atoms with van der Waals surface area (Å²) in [5, 5.41) is 1.70. The minimum absolute atomic E-state index is 0.0912. The summed E-state index contributed by atoms with van der Waals surface area (Å²) in [7, 11) is 0. The SMILES string of the molecule is Nc1cccc2c(N3C(=O)C4C5CCC(O5)C4C3=O)cccc12. The summed E-state index contributed by atoms with van der Waals surface area (Å²) in [5.74, 6) is -0.862. The standard InChI is InChI=1S/C18H16N2O3/c19-11-5-1-4-10-9(11)3-2-6-12(10)20-17(21)15-13-7-8-14(23-13)16(15)18(20)22/h1-6,13-16H,7-8,19H2. The van der Waals surface area contributed by atoms with Gasteiger partial charge in [0.2, 0.25) is 11.8 Å². The number of nitrogens with two attached hydrogens (primary N) is 1. The number of fused-ring (bicyclic) bond motifs is 6. The van der Waals surface area contributed by atoms with Crippen LogP contribution in [-0.2, 0) is 14.3 Å². The second kappa shape index (κ2) is 4.32. The van der Waals surface area contributed by atoms with Gasteiger partial charge in [-0.05, 0) is 25.0 Å². The van der Waals surface area contributed by atoms with Gasteiger partial charge in [0.1, 0.15) is 0 Å². The van der Waals surface area contributed by atoms with Crippen molar-refractivity contribution >= 4 is 34.0 Å². The summed E-state index contributed by atoms with van der Waals surface area (Å²) >= 11 is 0. The number of amides is 2. The Morgan fingerprint density at radius 1 is 0.913 bits per heavy atom. The van der Waals surface area contributed by atoms with Gasteiger partial charge < -0.3 is 10.5 Å². The number of anilines is 2. The fourth-order valence-electron chi connectivity index (χ4n) is 4.46. The van der Waals surface area contributed by atoms with Crippen molar-refractivity contribution in [3.8, 4) is 0 Å². The number of ether oxygens (including phenoxy) is 1. The summed E-state index contributed by atoms with van der Waals surface area (Å²) in [5.41, 5.74) is 7.31. The Hall–Kier alpha value is -2.40. The number of hydrogen-bond donors (Lipinski definition) is 1. The Labute approximate surface area is 133 Å². The fourth-order valence-corrected chi connectivity index (χ4v) is 4.46. The number of hydrogen-bond acceptors (Lipinski definition) is 4. The molecule has 4 atom stereocenters. The number of benzene rings is 2. The maximum absolute atomic E-state index is 12.9. The van der Waals surface area contributed by atoms with Crippen LogP contribution in [0, 0.1) is 11.8 Å². The highest BCUT2D eigenvalue weighted by atomic mass is 16.5. The molecule has 3 saturated heterocycles. The van der Waals surface area contributed by atoms with E-state index in [4.69, 9.17) is 10.5 Å². The van der Waals surface area contributed by atoms with E-state index in [1.165, 1.54) is 4.90 Å². The lowest BCUT2D eigenvalue weighted by Gasteiger charge is -2.19. The summed E-state index contributed by atoms with van der Waals surface area (Å²) in [6.45, 7) is 0. The Morgan fingerprint density at radius 3 is 2.22 bits per heavy atom. The molecule has 4 unspecified atom stereocenters. The van der Waals surface area contributed by atoms with Crippen LogP contribution in [0.2, 0.25) is 0 Å². The zero-order valence-corrected chi connectivity index (χ0v) is 12.4. The maximum atomic E-state index is 12.9. The van der Waals surface area contributed by atoms with Crippen LogP contribution in [0.25, 0.3) is 10.8 Å². The highest BCUT2D eigenvalue weighted by Crippen LogP contribution is 2.50. The molecular formula is C18H16N2O3. The van der Waals surface area contributed by atoms with E-state index in [9.17, 15) is 9.59 Å². The lowest BCUT2D eigenvalue weighted by Crippen LogP contribution is -2.34. The van der Waals surface area contributed by atoms with Crippen LogP contribution in [0.4, 0.5) is 11.4 Å². The smallest absolute Gasteiger partial charge is 0.240 e. The van der Waals surface area contributed by atoms with E-state index in [1.54, 1.807) is 0 Å². The van der Waals surface area contributed by atoms with Crippen LogP contribution in [0.15, 0.2) is 36.4 Å². The molecule has 0 spiro atoms. The Bertz CT molecular complexity index is 834. The second-order valence-electron chi connectivity index (χ2n) is 6.57. The molecule has 0 radical (unpaired) electrons. The average molecular weight is 308 g/mol. The van der Waals surface area contributed by atoms with Gasteiger partial charge in [0.25, 0.3) is 0 Å². The summed E-state index contributed by atoms with van der Waals surface area (Å²) < 4.78 is 5.78. The van der Waals surface area contributed by atoms with Gasteiger partial charge in [-0.3, -0.25) is 9.59 Å². The average Bonchev–Trinajstić information content (AvgIpc) is 3.22.